The van der Waals surface area contributed by atoms with Crippen molar-refractivity contribution in [1.82, 2.24) is 10.0 Å². The second-order valence-corrected chi connectivity index (χ2v) is 6.41. The molecule has 6 nitrogen and oxygen atoms in total. The van der Waals surface area contributed by atoms with Crippen LogP contribution in [0.25, 0.3) is 0 Å². The Hall–Kier alpha value is -0.660. The minimum Gasteiger partial charge on any atom is -0.378 e. The molecule has 0 aromatic heterocycles. The van der Waals surface area contributed by atoms with Crippen molar-refractivity contribution >= 4 is 15.9 Å². The molecule has 1 amide bonds. The highest BCUT2D eigenvalue weighted by Gasteiger charge is 2.14. The van der Waals surface area contributed by atoms with Gasteiger partial charge in [-0.15, -0.1) is 0 Å². The molecule has 7 heteroatoms. The van der Waals surface area contributed by atoms with Gasteiger partial charge >= 0.3 is 0 Å². The van der Waals surface area contributed by atoms with Crippen molar-refractivity contribution in [1.29, 1.82) is 0 Å². The van der Waals surface area contributed by atoms with E-state index < -0.39 is 10.0 Å². The molecule has 2 N–H and O–H groups in total. The minimum absolute atomic E-state index is 0.206. The summed E-state index contributed by atoms with van der Waals surface area (Å²) in [7, 11) is -3.30. The monoisotopic (exact) mass is 278 g/mol. The largest absolute Gasteiger partial charge is 0.378 e. The van der Waals surface area contributed by atoms with Gasteiger partial charge in [-0.1, -0.05) is 12.8 Å². The highest BCUT2D eigenvalue weighted by Crippen LogP contribution is 2.20. The Bertz CT molecular complexity index is 350. The molecule has 1 rings (SSSR count). The Morgan fingerprint density at radius 2 is 2.00 bits per heavy atom. The minimum atomic E-state index is -3.30. The van der Waals surface area contributed by atoms with Crippen molar-refractivity contribution in [3.63, 3.8) is 0 Å². The molecule has 1 aliphatic carbocycles. The first-order chi connectivity index (χ1) is 8.47. The van der Waals surface area contributed by atoms with Gasteiger partial charge in [0.2, 0.25) is 15.9 Å². The quantitative estimate of drug-likeness (QED) is 0.612. The average Bonchev–Trinajstić information content (AvgIpc) is 2.78. The molecule has 0 saturated heterocycles. The normalized spacial score (nSPS) is 16.9. The predicted octanol–water partition coefficient (Wildman–Crippen LogP) is 0.00110. The Morgan fingerprint density at radius 3 is 2.61 bits per heavy atom. The van der Waals surface area contributed by atoms with E-state index in [2.05, 4.69) is 10.0 Å². The molecule has 0 aliphatic heterocycles. The Balaban J connectivity index is 1.95. The molecular weight excluding hydrogens is 256 g/mol. The van der Waals surface area contributed by atoms with Gasteiger partial charge in [-0.2, -0.15) is 0 Å². The number of sulfonamides is 1. The fourth-order valence-corrected chi connectivity index (χ4v) is 2.26. The molecule has 1 saturated carbocycles. The lowest BCUT2D eigenvalue weighted by molar-refractivity contribution is -0.120. The second kappa shape index (κ2) is 7.70. The Labute approximate surface area is 109 Å². The number of rotatable bonds is 8. The number of amides is 1. The molecule has 18 heavy (non-hydrogen) atoms. The molecule has 0 bridgehead atoms. The third-order valence-corrected chi connectivity index (χ3v) is 3.46. The van der Waals surface area contributed by atoms with Crippen molar-refractivity contribution < 1.29 is 17.9 Å². The molecule has 0 aromatic rings. The van der Waals surface area contributed by atoms with E-state index in [0.717, 1.165) is 25.5 Å². The smallest absolute Gasteiger partial charge is 0.235 e. The first-order valence-electron chi connectivity index (χ1n) is 6.30. The zero-order valence-electron chi connectivity index (χ0n) is 10.8. The maximum Gasteiger partial charge on any atom is 0.235 e. The van der Waals surface area contributed by atoms with E-state index in [-0.39, 0.29) is 12.5 Å². The van der Waals surface area contributed by atoms with Crippen molar-refractivity contribution in [2.24, 2.45) is 0 Å². The summed E-state index contributed by atoms with van der Waals surface area (Å²) < 4.78 is 29.3. The molecule has 1 aliphatic rings. The van der Waals surface area contributed by atoms with Crippen LogP contribution in [0.3, 0.4) is 0 Å². The van der Waals surface area contributed by atoms with Crippen LogP contribution in [0.1, 0.15) is 32.1 Å². The molecular formula is C11H22N2O4S. The fraction of sp³-hybridized carbons (Fsp3) is 0.909. The summed E-state index contributed by atoms with van der Waals surface area (Å²) in [5.74, 6) is -0.318. The van der Waals surface area contributed by atoms with Crippen LogP contribution in [-0.4, -0.2) is 46.4 Å². The van der Waals surface area contributed by atoms with E-state index >= 15 is 0 Å². The van der Waals surface area contributed by atoms with E-state index in [1.807, 2.05) is 0 Å². The zero-order chi connectivity index (χ0) is 13.4. The van der Waals surface area contributed by atoms with Crippen molar-refractivity contribution in [3.8, 4) is 0 Å². The van der Waals surface area contributed by atoms with Crippen LogP contribution in [0.15, 0.2) is 0 Å². The molecule has 1 fully saturated rings. The summed E-state index contributed by atoms with van der Waals surface area (Å²) in [6, 6.07) is 0. The molecule has 0 aromatic carbocycles. The highest BCUT2D eigenvalue weighted by molar-refractivity contribution is 7.88. The summed E-state index contributed by atoms with van der Waals surface area (Å²) in [6.07, 6.45) is 6.95. The molecule has 0 heterocycles. The first kappa shape index (κ1) is 15.4. The van der Waals surface area contributed by atoms with E-state index in [1.54, 1.807) is 0 Å². The third-order valence-electron chi connectivity index (χ3n) is 2.79. The van der Waals surface area contributed by atoms with E-state index in [1.165, 1.54) is 12.8 Å². The van der Waals surface area contributed by atoms with E-state index in [4.69, 9.17) is 4.74 Å². The standard InChI is InChI=1S/C11H22N2O4S/c1-18(15,16)13-9-11(14)12-7-4-8-17-10-5-2-3-6-10/h10,13H,2-9H2,1H3,(H,12,14). The van der Waals surface area contributed by atoms with Gasteiger partial charge in [-0.25, -0.2) is 13.1 Å². The van der Waals surface area contributed by atoms with Gasteiger partial charge in [0.05, 0.1) is 18.9 Å². The zero-order valence-corrected chi connectivity index (χ0v) is 11.6. The number of hydrogen-bond acceptors (Lipinski definition) is 4. The second-order valence-electron chi connectivity index (χ2n) is 4.57. The molecule has 106 valence electrons. The Morgan fingerprint density at radius 1 is 1.33 bits per heavy atom. The van der Waals surface area contributed by atoms with Gasteiger partial charge in [-0.3, -0.25) is 4.79 Å². The van der Waals surface area contributed by atoms with Gasteiger partial charge in [0.1, 0.15) is 0 Å². The first-order valence-corrected chi connectivity index (χ1v) is 8.19. The van der Waals surface area contributed by atoms with Crippen LogP contribution in [-0.2, 0) is 19.6 Å². The maximum atomic E-state index is 11.2. The van der Waals surface area contributed by atoms with Crippen molar-refractivity contribution in [2.45, 2.75) is 38.2 Å². The summed E-state index contributed by atoms with van der Waals surface area (Å²) in [4.78, 5) is 11.2. The molecule has 0 radical (unpaired) electrons. The van der Waals surface area contributed by atoms with Crippen LogP contribution >= 0.6 is 0 Å². The molecule has 0 spiro atoms. The fourth-order valence-electron chi connectivity index (χ4n) is 1.86. The lowest BCUT2D eigenvalue weighted by Crippen LogP contribution is -2.37. The van der Waals surface area contributed by atoms with Gasteiger partial charge in [-0.05, 0) is 19.3 Å². The topological polar surface area (TPSA) is 84.5 Å². The van der Waals surface area contributed by atoms with E-state index in [0.29, 0.717) is 19.3 Å². The van der Waals surface area contributed by atoms with Crippen molar-refractivity contribution in [2.75, 3.05) is 26.0 Å². The molecule has 0 atom stereocenters. The number of carbonyl (C=O) groups excluding carboxylic acids is 1. The SMILES string of the molecule is CS(=O)(=O)NCC(=O)NCCCOC1CCCC1. The average molecular weight is 278 g/mol. The highest BCUT2D eigenvalue weighted by atomic mass is 32.2. The van der Waals surface area contributed by atoms with Crippen LogP contribution in [0.5, 0.6) is 0 Å². The lowest BCUT2D eigenvalue weighted by atomic mass is 10.3. The summed E-state index contributed by atoms with van der Waals surface area (Å²) >= 11 is 0. The number of ether oxygens (including phenoxy) is 1. The van der Waals surface area contributed by atoms with Crippen LogP contribution in [0, 0.1) is 0 Å². The van der Waals surface area contributed by atoms with Gasteiger partial charge in [0, 0.05) is 13.2 Å². The summed E-state index contributed by atoms with van der Waals surface area (Å²) in [6.45, 7) is 0.948. The van der Waals surface area contributed by atoms with Crippen LogP contribution in [0.2, 0.25) is 0 Å². The van der Waals surface area contributed by atoms with Crippen molar-refractivity contribution in [3.05, 3.63) is 0 Å². The maximum absolute atomic E-state index is 11.2. The third kappa shape index (κ3) is 7.62. The number of hydrogen-bond donors (Lipinski definition) is 2. The van der Waals surface area contributed by atoms with Crippen LogP contribution in [0.4, 0.5) is 0 Å². The number of nitrogens with one attached hydrogen (secondary N) is 2. The lowest BCUT2D eigenvalue weighted by Gasteiger charge is -2.11. The van der Waals surface area contributed by atoms with E-state index in [9.17, 15) is 13.2 Å². The van der Waals surface area contributed by atoms with Crippen LogP contribution < -0.4 is 10.0 Å². The molecule has 0 unspecified atom stereocenters. The van der Waals surface area contributed by atoms with Gasteiger partial charge in [0.25, 0.3) is 0 Å². The van der Waals surface area contributed by atoms with Gasteiger partial charge in [0.15, 0.2) is 0 Å². The predicted molar refractivity (Wildman–Crippen MR) is 68.7 cm³/mol. The summed E-state index contributed by atoms with van der Waals surface area (Å²) in [5, 5.41) is 2.63. The summed E-state index contributed by atoms with van der Waals surface area (Å²) in [5.41, 5.74) is 0. The van der Waals surface area contributed by atoms with Gasteiger partial charge < -0.3 is 10.1 Å². The number of carbonyl (C=O) groups is 1. The Kier molecular flexibility index (Phi) is 6.59.